The smallest absolute Gasteiger partial charge is 0.177 e. The van der Waals surface area contributed by atoms with Gasteiger partial charge >= 0.3 is 0 Å². The van der Waals surface area contributed by atoms with Crippen LogP contribution < -0.4 is 17.1 Å². The molecule has 0 bridgehead atoms. The quantitative estimate of drug-likeness (QED) is 0.274. The SMILES string of the molecule is Cc1cc(Cl)sc1/C(=N/N)NN. The van der Waals surface area contributed by atoms with E-state index in [1.165, 1.54) is 11.3 Å². The van der Waals surface area contributed by atoms with Gasteiger partial charge in [-0.05, 0) is 18.6 Å². The van der Waals surface area contributed by atoms with Crippen LogP contribution in [-0.2, 0) is 0 Å². The van der Waals surface area contributed by atoms with Crippen molar-refractivity contribution in [1.29, 1.82) is 0 Å². The predicted molar refractivity (Wildman–Crippen MR) is 52.1 cm³/mol. The topological polar surface area (TPSA) is 76.4 Å². The molecule has 0 amide bonds. The zero-order valence-electron chi connectivity index (χ0n) is 6.47. The van der Waals surface area contributed by atoms with Crippen molar-refractivity contribution < 1.29 is 0 Å². The first kappa shape index (κ1) is 9.31. The first-order chi connectivity index (χ1) is 5.69. The molecule has 0 atom stereocenters. The Morgan fingerprint density at radius 3 is 2.75 bits per heavy atom. The summed E-state index contributed by atoms with van der Waals surface area (Å²) in [5.41, 5.74) is 3.41. The third kappa shape index (κ3) is 1.69. The number of rotatable bonds is 1. The molecule has 1 heterocycles. The van der Waals surface area contributed by atoms with Crippen LogP contribution in [0.3, 0.4) is 0 Å². The largest absolute Gasteiger partial charge is 0.321 e. The Kier molecular flexibility index (Phi) is 2.91. The van der Waals surface area contributed by atoms with E-state index in [1.807, 2.05) is 13.0 Å². The maximum atomic E-state index is 5.78. The van der Waals surface area contributed by atoms with Gasteiger partial charge in [-0.15, -0.1) is 11.3 Å². The first-order valence-electron chi connectivity index (χ1n) is 3.20. The van der Waals surface area contributed by atoms with Gasteiger partial charge in [-0.25, -0.2) is 5.84 Å². The Labute approximate surface area is 79.2 Å². The molecular weight excluding hydrogens is 196 g/mol. The van der Waals surface area contributed by atoms with Gasteiger partial charge in [0.05, 0.1) is 9.21 Å². The summed E-state index contributed by atoms with van der Waals surface area (Å²) in [6.07, 6.45) is 0. The summed E-state index contributed by atoms with van der Waals surface area (Å²) in [6.45, 7) is 1.92. The number of nitrogens with zero attached hydrogens (tertiary/aromatic N) is 1. The van der Waals surface area contributed by atoms with Crippen LogP contribution >= 0.6 is 22.9 Å². The minimum absolute atomic E-state index is 0.449. The van der Waals surface area contributed by atoms with Crippen LogP contribution in [0.5, 0.6) is 0 Å². The predicted octanol–water partition coefficient (Wildman–Crippen LogP) is 0.794. The van der Waals surface area contributed by atoms with Crippen molar-refractivity contribution in [2.45, 2.75) is 6.92 Å². The van der Waals surface area contributed by atoms with Gasteiger partial charge in [0.2, 0.25) is 0 Å². The van der Waals surface area contributed by atoms with E-state index >= 15 is 0 Å². The molecule has 4 nitrogen and oxygen atoms in total. The Morgan fingerprint density at radius 1 is 1.75 bits per heavy atom. The molecule has 12 heavy (non-hydrogen) atoms. The molecule has 0 aliphatic rings. The highest BCUT2D eigenvalue weighted by Crippen LogP contribution is 2.25. The van der Waals surface area contributed by atoms with Gasteiger partial charge in [0.25, 0.3) is 0 Å². The van der Waals surface area contributed by atoms with Crippen molar-refractivity contribution in [3.05, 3.63) is 20.8 Å². The number of aryl methyl sites for hydroxylation is 1. The van der Waals surface area contributed by atoms with Crippen molar-refractivity contribution in [3.8, 4) is 0 Å². The van der Waals surface area contributed by atoms with Gasteiger partial charge in [0, 0.05) is 0 Å². The highest BCUT2D eigenvalue weighted by Gasteiger charge is 2.09. The second kappa shape index (κ2) is 3.75. The number of hydrogen-bond acceptors (Lipinski definition) is 4. The van der Waals surface area contributed by atoms with Gasteiger partial charge < -0.3 is 11.3 Å². The van der Waals surface area contributed by atoms with Gasteiger partial charge in [0.15, 0.2) is 5.84 Å². The lowest BCUT2D eigenvalue weighted by Gasteiger charge is -2.00. The van der Waals surface area contributed by atoms with E-state index in [1.54, 1.807) is 0 Å². The van der Waals surface area contributed by atoms with Crippen molar-refractivity contribution >= 4 is 28.8 Å². The van der Waals surface area contributed by atoms with Crippen LogP contribution in [0.25, 0.3) is 0 Å². The lowest BCUT2D eigenvalue weighted by atomic mass is 10.3. The summed E-state index contributed by atoms with van der Waals surface area (Å²) in [7, 11) is 0. The maximum absolute atomic E-state index is 5.78. The zero-order valence-corrected chi connectivity index (χ0v) is 8.04. The Balaban J connectivity index is 3.09. The minimum atomic E-state index is 0.449. The molecule has 66 valence electrons. The van der Waals surface area contributed by atoms with E-state index in [0.29, 0.717) is 10.2 Å². The number of hydrogen-bond donors (Lipinski definition) is 3. The number of hydrazone groups is 1. The summed E-state index contributed by atoms with van der Waals surface area (Å²) in [6, 6.07) is 1.84. The van der Waals surface area contributed by atoms with Crippen LogP contribution in [0, 0.1) is 6.92 Å². The normalized spacial score (nSPS) is 11.8. The van der Waals surface area contributed by atoms with Gasteiger partial charge in [-0.2, -0.15) is 5.10 Å². The Bertz CT molecular complexity index is 306. The number of amidine groups is 1. The number of hydrazine groups is 1. The van der Waals surface area contributed by atoms with Gasteiger partial charge in [0.1, 0.15) is 0 Å². The van der Waals surface area contributed by atoms with Crippen molar-refractivity contribution in [2.75, 3.05) is 0 Å². The number of halogens is 1. The monoisotopic (exact) mass is 204 g/mol. The van der Waals surface area contributed by atoms with Crippen LogP contribution in [0.2, 0.25) is 4.34 Å². The summed E-state index contributed by atoms with van der Waals surface area (Å²) in [5, 5.41) is 3.48. The first-order valence-corrected chi connectivity index (χ1v) is 4.39. The fourth-order valence-corrected chi connectivity index (χ4v) is 2.09. The van der Waals surface area contributed by atoms with Crippen molar-refractivity contribution in [3.63, 3.8) is 0 Å². The fraction of sp³-hybridized carbons (Fsp3) is 0.167. The lowest BCUT2D eigenvalue weighted by Crippen LogP contribution is -2.31. The standard InChI is InChI=1S/C6H9ClN4S/c1-3-2-4(7)12-5(3)6(10-8)11-9/h2H,8-9H2,1H3,(H,10,11). The van der Waals surface area contributed by atoms with Crippen LogP contribution in [0.15, 0.2) is 11.2 Å². The summed E-state index contributed by atoms with van der Waals surface area (Å²) in [5.74, 6) is 10.7. The molecule has 5 N–H and O–H groups in total. The third-order valence-electron chi connectivity index (χ3n) is 1.37. The Morgan fingerprint density at radius 2 is 2.42 bits per heavy atom. The molecule has 0 saturated carbocycles. The van der Waals surface area contributed by atoms with E-state index in [9.17, 15) is 0 Å². The molecule has 0 aliphatic carbocycles. The second-order valence-electron chi connectivity index (χ2n) is 2.18. The molecule has 0 unspecified atom stereocenters. The minimum Gasteiger partial charge on any atom is -0.321 e. The fourth-order valence-electron chi connectivity index (χ4n) is 0.840. The van der Waals surface area contributed by atoms with E-state index < -0.39 is 0 Å². The number of nitrogens with two attached hydrogens (primary N) is 2. The lowest BCUT2D eigenvalue weighted by molar-refractivity contribution is 1.01. The van der Waals surface area contributed by atoms with Crippen LogP contribution in [0.1, 0.15) is 10.4 Å². The molecule has 1 aromatic heterocycles. The van der Waals surface area contributed by atoms with E-state index in [0.717, 1.165) is 10.4 Å². The number of nitrogens with one attached hydrogen (secondary N) is 1. The van der Waals surface area contributed by atoms with Gasteiger partial charge in [-0.3, -0.25) is 0 Å². The van der Waals surface area contributed by atoms with E-state index in [-0.39, 0.29) is 0 Å². The molecule has 0 aromatic carbocycles. The summed E-state index contributed by atoms with van der Waals surface area (Å²) >= 11 is 7.16. The molecule has 0 fully saturated rings. The zero-order chi connectivity index (χ0) is 9.14. The van der Waals surface area contributed by atoms with Crippen molar-refractivity contribution in [2.24, 2.45) is 16.8 Å². The highest BCUT2D eigenvalue weighted by molar-refractivity contribution is 7.18. The Hall–Kier alpha value is -0.780. The average molecular weight is 205 g/mol. The van der Waals surface area contributed by atoms with Crippen LogP contribution in [0.4, 0.5) is 0 Å². The summed E-state index contributed by atoms with van der Waals surface area (Å²) < 4.78 is 0.693. The highest BCUT2D eigenvalue weighted by atomic mass is 35.5. The number of thiophene rings is 1. The second-order valence-corrected chi connectivity index (χ2v) is 3.87. The maximum Gasteiger partial charge on any atom is 0.177 e. The van der Waals surface area contributed by atoms with E-state index in [2.05, 4.69) is 10.5 Å². The van der Waals surface area contributed by atoms with Crippen molar-refractivity contribution in [1.82, 2.24) is 5.43 Å². The average Bonchev–Trinajstić information content (AvgIpc) is 2.34. The molecule has 1 rings (SSSR count). The summed E-state index contributed by atoms with van der Waals surface area (Å²) in [4.78, 5) is 0.866. The molecule has 0 saturated heterocycles. The third-order valence-corrected chi connectivity index (χ3v) is 2.74. The molecule has 1 aromatic rings. The van der Waals surface area contributed by atoms with E-state index in [4.69, 9.17) is 23.3 Å². The van der Waals surface area contributed by atoms with Crippen LogP contribution in [-0.4, -0.2) is 5.84 Å². The molecule has 0 aliphatic heterocycles. The molecule has 0 radical (unpaired) electrons. The van der Waals surface area contributed by atoms with Gasteiger partial charge in [-0.1, -0.05) is 11.6 Å². The molecule has 6 heteroatoms. The molecular formula is C6H9ClN4S. The molecule has 0 spiro atoms.